The fourth-order valence-corrected chi connectivity index (χ4v) is 2.59. The minimum absolute atomic E-state index is 0.00743. The fraction of sp³-hybridized carbons (Fsp3) is 0.333. The van der Waals surface area contributed by atoms with Crippen molar-refractivity contribution in [3.63, 3.8) is 0 Å². The van der Waals surface area contributed by atoms with E-state index in [9.17, 15) is 4.79 Å². The molecule has 0 saturated heterocycles. The first kappa shape index (κ1) is 16.0. The molecule has 112 valence electrons. The van der Waals surface area contributed by atoms with Gasteiger partial charge in [0.2, 0.25) is 5.90 Å². The lowest BCUT2D eigenvalue weighted by atomic mass is 9.97. The first-order valence-electron chi connectivity index (χ1n) is 6.57. The Morgan fingerprint density at radius 3 is 2.48 bits per heavy atom. The Hall–Kier alpha value is -1.36. The van der Waals surface area contributed by atoms with Gasteiger partial charge in [0.05, 0.1) is 10.0 Å². The van der Waals surface area contributed by atoms with E-state index in [2.05, 4.69) is 4.99 Å². The van der Waals surface area contributed by atoms with Crippen molar-refractivity contribution in [2.75, 3.05) is 6.54 Å². The molecule has 0 amide bonds. The van der Waals surface area contributed by atoms with Crippen LogP contribution in [-0.2, 0) is 11.3 Å². The molecule has 1 heterocycles. The summed E-state index contributed by atoms with van der Waals surface area (Å²) in [6.45, 7) is 4.31. The molecule has 0 bridgehead atoms. The van der Waals surface area contributed by atoms with Crippen LogP contribution in [0.2, 0.25) is 10.0 Å². The van der Waals surface area contributed by atoms with Gasteiger partial charge in [0, 0.05) is 18.2 Å². The number of Topliss-reactive ketones (excluding diaryl/α,β-unsaturated/α-hetero) is 1. The van der Waals surface area contributed by atoms with Crippen molar-refractivity contribution in [1.29, 1.82) is 0 Å². The maximum Gasteiger partial charge on any atom is 0.215 e. The quantitative estimate of drug-likeness (QED) is 0.925. The average molecular weight is 327 g/mol. The van der Waals surface area contributed by atoms with Crippen molar-refractivity contribution >= 4 is 34.9 Å². The van der Waals surface area contributed by atoms with E-state index in [4.69, 9.17) is 33.7 Å². The molecule has 2 N–H and O–H groups in total. The van der Waals surface area contributed by atoms with E-state index in [0.29, 0.717) is 33.8 Å². The van der Waals surface area contributed by atoms with Gasteiger partial charge < -0.3 is 10.5 Å². The molecule has 0 radical (unpaired) electrons. The summed E-state index contributed by atoms with van der Waals surface area (Å²) in [6.07, 6.45) is 1.64. The molecule has 1 aliphatic heterocycles. The van der Waals surface area contributed by atoms with Gasteiger partial charge in [-0.25, -0.2) is 4.99 Å². The van der Waals surface area contributed by atoms with E-state index >= 15 is 0 Å². The molecule has 0 saturated carbocycles. The zero-order valence-electron chi connectivity index (χ0n) is 11.8. The molecular weight excluding hydrogens is 311 g/mol. The van der Waals surface area contributed by atoms with E-state index < -0.39 is 0 Å². The molecule has 0 aliphatic carbocycles. The lowest BCUT2D eigenvalue weighted by Crippen LogP contribution is -2.22. The number of dihydropyridines is 1. The summed E-state index contributed by atoms with van der Waals surface area (Å²) in [7, 11) is 0. The van der Waals surface area contributed by atoms with Crippen molar-refractivity contribution < 1.29 is 9.53 Å². The number of halogens is 2. The van der Waals surface area contributed by atoms with Crippen molar-refractivity contribution in [3.8, 4) is 5.75 Å². The summed E-state index contributed by atoms with van der Waals surface area (Å²) in [5, 5.41) is 0.726. The molecule has 6 heteroatoms. The predicted octanol–water partition coefficient (Wildman–Crippen LogP) is 3.39. The third-order valence-corrected chi connectivity index (χ3v) is 3.66. The molecule has 1 aromatic carbocycles. The second kappa shape index (κ2) is 6.60. The number of benzene rings is 1. The van der Waals surface area contributed by atoms with Gasteiger partial charge in [0.25, 0.3) is 0 Å². The third kappa shape index (κ3) is 3.64. The molecular formula is C15H16Cl2N2O2. The summed E-state index contributed by atoms with van der Waals surface area (Å²) >= 11 is 12.3. The summed E-state index contributed by atoms with van der Waals surface area (Å²) in [4.78, 5) is 15.8. The van der Waals surface area contributed by atoms with Crippen LogP contribution in [0.15, 0.2) is 28.8 Å². The van der Waals surface area contributed by atoms with Gasteiger partial charge in [-0.05, 0) is 23.6 Å². The molecule has 0 aromatic heterocycles. The first-order valence-corrected chi connectivity index (χ1v) is 7.33. The summed E-state index contributed by atoms with van der Waals surface area (Å²) in [5.74, 6) is 0.774. The van der Waals surface area contributed by atoms with Crippen LogP contribution in [0.4, 0.5) is 0 Å². The Morgan fingerprint density at radius 2 is 1.95 bits per heavy atom. The minimum atomic E-state index is 0.00743. The lowest BCUT2D eigenvalue weighted by molar-refractivity contribution is -0.114. The molecule has 0 unspecified atom stereocenters. The van der Waals surface area contributed by atoms with E-state index in [0.717, 1.165) is 5.56 Å². The minimum Gasteiger partial charge on any atom is -0.436 e. The standard InChI is InChI=1S/C15H16Cl2N2O2/c1-8(2)10-5-14(19-7-13(10)20)21-15-11(16)3-9(6-18)4-12(15)17/h3-5,8H,6-7,18H2,1-2H3. The largest absolute Gasteiger partial charge is 0.436 e. The SMILES string of the molecule is CC(C)C1=CC(Oc2c(Cl)cc(CN)cc2Cl)=NCC1=O. The lowest BCUT2D eigenvalue weighted by Gasteiger charge is -2.16. The van der Waals surface area contributed by atoms with Crippen LogP contribution < -0.4 is 10.5 Å². The van der Waals surface area contributed by atoms with Crippen LogP contribution in [0.3, 0.4) is 0 Å². The van der Waals surface area contributed by atoms with Gasteiger partial charge in [0.15, 0.2) is 11.5 Å². The van der Waals surface area contributed by atoms with E-state index in [1.165, 1.54) is 0 Å². The highest BCUT2D eigenvalue weighted by Gasteiger charge is 2.20. The first-order chi connectivity index (χ1) is 9.92. The number of ether oxygens (including phenoxy) is 1. The number of carbonyl (C=O) groups is 1. The highest BCUT2D eigenvalue weighted by atomic mass is 35.5. The number of hydrogen-bond donors (Lipinski definition) is 1. The summed E-state index contributed by atoms with van der Waals surface area (Å²) in [6, 6.07) is 3.40. The van der Waals surface area contributed by atoms with Gasteiger partial charge in [0.1, 0.15) is 6.54 Å². The Morgan fingerprint density at radius 1 is 1.33 bits per heavy atom. The normalized spacial score (nSPS) is 15.0. The second-order valence-electron chi connectivity index (χ2n) is 5.03. The number of aliphatic imine (C=N–C) groups is 1. The van der Waals surface area contributed by atoms with Crippen LogP contribution in [-0.4, -0.2) is 18.2 Å². The average Bonchev–Trinajstić information content (AvgIpc) is 2.43. The summed E-state index contributed by atoms with van der Waals surface area (Å²) in [5.41, 5.74) is 7.06. The van der Waals surface area contributed by atoms with E-state index in [1.54, 1.807) is 18.2 Å². The maximum absolute atomic E-state index is 11.8. The number of nitrogens with zero attached hydrogens (tertiary/aromatic N) is 1. The number of ketones is 1. The molecule has 0 atom stereocenters. The third-order valence-electron chi connectivity index (χ3n) is 3.10. The van der Waals surface area contributed by atoms with Crippen LogP contribution in [0.5, 0.6) is 5.75 Å². The van der Waals surface area contributed by atoms with Gasteiger partial charge >= 0.3 is 0 Å². The maximum atomic E-state index is 11.8. The Balaban J connectivity index is 2.29. The smallest absolute Gasteiger partial charge is 0.215 e. The summed E-state index contributed by atoms with van der Waals surface area (Å²) < 4.78 is 5.66. The molecule has 1 aromatic rings. The van der Waals surface area contributed by atoms with Crippen molar-refractivity contribution in [2.45, 2.75) is 20.4 Å². The number of nitrogens with two attached hydrogens (primary N) is 1. The molecule has 4 nitrogen and oxygen atoms in total. The van der Waals surface area contributed by atoms with Crippen molar-refractivity contribution in [1.82, 2.24) is 0 Å². The zero-order chi connectivity index (χ0) is 15.6. The molecule has 0 fully saturated rings. The number of carbonyl (C=O) groups excluding carboxylic acids is 1. The van der Waals surface area contributed by atoms with Gasteiger partial charge in [-0.3, -0.25) is 4.79 Å². The van der Waals surface area contributed by atoms with Crippen molar-refractivity contribution in [2.24, 2.45) is 16.6 Å². The van der Waals surface area contributed by atoms with Gasteiger partial charge in [-0.2, -0.15) is 0 Å². The zero-order valence-corrected chi connectivity index (χ0v) is 13.3. The van der Waals surface area contributed by atoms with E-state index in [1.807, 2.05) is 13.8 Å². The Bertz CT molecular complexity index is 614. The Kier molecular flexibility index (Phi) is 5.04. The highest BCUT2D eigenvalue weighted by molar-refractivity contribution is 6.37. The number of hydrogen-bond acceptors (Lipinski definition) is 4. The predicted molar refractivity (Wildman–Crippen MR) is 85.2 cm³/mol. The second-order valence-corrected chi connectivity index (χ2v) is 5.84. The molecule has 0 spiro atoms. The molecule has 1 aliphatic rings. The monoisotopic (exact) mass is 326 g/mol. The van der Waals surface area contributed by atoms with Crippen LogP contribution >= 0.6 is 23.2 Å². The van der Waals surface area contributed by atoms with Crippen LogP contribution in [0.1, 0.15) is 19.4 Å². The molecule has 21 heavy (non-hydrogen) atoms. The fourth-order valence-electron chi connectivity index (χ4n) is 1.98. The topological polar surface area (TPSA) is 64.7 Å². The Labute approximate surface area is 133 Å². The van der Waals surface area contributed by atoms with Crippen LogP contribution in [0.25, 0.3) is 0 Å². The number of rotatable bonds is 3. The van der Waals surface area contributed by atoms with Gasteiger partial charge in [-0.1, -0.05) is 37.0 Å². The highest BCUT2D eigenvalue weighted by Crippen LogP contribution is 2.34. The van der Waals surface area contributed by atoms with Crippen LogP contribution in [0, 0.1) is 5.92 Å². The van der Waals surface area contributed by atoms with Crippen molar-refractivity contribution in [3.05, 3.63) is 39.4 Å². The van der Waals surface area contributed by atoms with Gasteiger partial charge in [-0.15, -0.1) is 0 Å². The van der Waals surface area contributed by atoms with E-state index in [-0.39, 0.29) is 18.2 Å². The molecule has 2 rings (SSSR count).